The smallest absolute Gasteiger partial charge is 0.387 e. The van der Waals surface area contributed by atoms with Crippen LogP contribution >= 0.6 is 0 Å². The Balaban J connectivity index is 1.88. The minimum absolute atomic E-state index is 0.170. The maximum atomic E-state index is 12.1. The van der Waals surface area contributed by atoms with Gasteiger partial charge in [-0.25, -0.2) is 0 Å². The van der Waals surface area contributed by atoms with Crippen LogP contribution in [0, 0.1) is 5.92 Å². The maximum Gasteiger partial charge on any atom is 0.387 e. The molecule has 1 aromatic rings. The Morgan fingerprint density at radius 1 is 1.14 bits per heavy atom. The molecule has 1 N–H and O–H groups in total. The van der Waals surface area contributed by atoms with Crippen molar-refractivity contribution in [2.45, 2.75) is 45.4 Å². The topological polar surface area (TPSA) is 30.5 Å². The molecule has 0 bridgehead atoms. The van der Waals surface area contributed by atoms with Crippen molar-refractivity contribution < 1.29 is 18.3 Å². The normalized spacial score (nSPS) is 19.5. The molecule has 0 spiro atoms. The van der Waals surface area contributed by atoms with E-state index in [1.54, 1.807) is 12.1 Å². The number of alkyl halides is 2. The number of hydrogen-bond donors (Lipinski definition) is 1. The van der Waals surface area contributed by atoms with Gasteiger partial charge in [-0.3, -0.25) is 0 Å². The van der Waals surface area contributed by atoms with Crippen LogP contribution < -0.4 is 10.1 Å². The van der Waals surface area contributed by atoms with Gasteiger partial charge in [0.1, 0.15) is 5.75 Å². The van der Waals surface area contributed by atoms with Crippen molar-refractivity contribution in [1.29, 1.82) is 0 Å². The maximum absolute atomic E-state index is 12.1. The molecule has 1 aromatic carbocycles. The van der Waals surface area contributed by atoms with Gasteiger partial charge in [0.15, 0.2) is 0 Å². The third kappa shape index (κ3) is 4.93. The Hall–Kier alpha value is -1.20. The molecule has 5 heteroatoms. The Morgan fingerprint density at radius 3 is 2.33 bits per heavy atom. The first-order valence-electron chi connectivity index (χ1n) is 7.45. The third-order valence-corrected chi connectivity index (χ3v) is 4.09. The average molecular weight is 299 g/mol. The highest BCUT2D eigenvalue weighted by Gasteiger charge is 2.21. The van der Waals surface area contributed by atoms with E-state index in [9.17, 15) is 8.78 Å². The lowest BCUT2D eigenvalue weighted by atomic mass is 9.92. The molecule has 0 amide bonds. The molecular formula is C16H23F2NO2. The molecule has 2 atom stereocenters. The lowest BCUT2D eigenvalue weighted by Crippen LogP contribution is -2.38. The average Bonchev–Trinajstić information content (AvgIpc) is 2.48. The molecule has 1 saturated heterocycles. The number of rotatable bonds is 6. The van der Waals surface area contributed by atoms with Gasteiger partial charge in [0.2, 0.25) is 0 Å². The number of halogens is 2. The van der Waals surface area contributed by atoms with Crippen molar-refractivity contribution in [3.63, 3.8) is 0 Å². The summed E-state index contributed by atoms with van der Waals surface area (Å²) in [6, 6.07) is 7.39. The molecule has 0 radical (unpaired) electrons. The molecule has 3 nitrogen and oxygen atoms in total. The summed E-state index contributed by atoms with van der Waals surface area (Å²) in [6.07, 6.45) is 2.17. The van der Waals surface area contributed by atoms with Gasteiger partial charge in [0.25, 0.3) is 0 Å². The quantitative estimate of drug-likeness (QED) is 0.867. The van der Waals surface area contributed by atoms with Gasteiger partial charge in [0, 0.05) is 25.3 Å². The summed E-state index contributed by atoms with van der Waals surface area (Å²) >= 11 is 0. The molecule has 2 rings (SSSR count). The predicted octanol–water partition coefficient (Wildman–Crippen LogP) is 3.75. The molecule has 2 unspecified atom stereocenters. The van der Waals surface area contributed by atoms with Crippen molar-refractivity contribution >= 4 is 0 Å². The minimum Gasteiger partial charge on any atom is -0.435 e. The highest BCUT2D eigenvalue weighted by atomic mass is 19.3. The van der Waals surface area contributed by atoms with E-state index in [-0.39, 0.29) is 11.8 Å². The van der Waals surface area contributed by atoms with Crippen LogP contribution in [0.25, 0.3) is 0 Å². The van der Waals surface area contributed by atoms with Crippen LogP contribution in [0.15, 0.2) is 24.3 Å². The number of ether oxygens (including phenoxy) is 2. The lowest BCUT2D eigenvalue weighted by Gasteiger charge is -2.30. The van der Waals surface area contributed by atoms with Gasteiger partial charge < -0.3 is 14.8 Å². The standard InChI is InChI=1S/C16H23F2NO2/c1-11(19-12(2)14-7-9-20-10-8-14)13-3-5-15(6-4-13)21-16(17)18/h3-6,11-12,14,16,19H,7-10H2,1-2H3. The van der Waals surface area contributed by atoms with E-state index in [1.165, 1.54) is 0 Å². The lowest BCUT2D eigenvalue weighted by molar-refractivity contribution is -0.0498. The molecular weight excluding hydrogens is 276 g/mol. The van der Waals surface area contributed by atoms with E-state index in [0.717, 1.165) is 31.6 Å². The molecule has 1 aliphatic heterocycles. The fraction of sp³-hybridized carbons (Fsp3) is 0.625. The van der Waals surface area contributed by atoms with Crippen LogP contribution in [-0.4, -0.2) is 25.9 Å². The van der Waals surface area contributed by atoms with Crippen molar-refractivity contribution in [2.75, 3.05) is 13.2 Å². The van der Waals surface area contributed by atoms with Gasteiger partial charge in [0.05, 0.1) is 0 Å². The largest absolute Gasteiger partial charge is 0.435 e. The first-order valence-corrected chi connectivity index (χ1v) is 7.45. The highest BCUT2D eigenvalue weighted by molar-refractivity contribution is 5.29. The van der Waals surface area contributed by atoms with Crippen molar-refractivity contribution in [1.82, 2.24) is 5.32 Å². The monoisotopic (exact) mass is 299 g/mol. The van der Waals surface area contributed by atoms with Gasteiger partial charge in [-0.2, -0.15) is 8.78 Å². The van der Waals surface area contributed by atoms with E-state index in [0.29, 0.717) is 12.0 Å². The highest BCUT2D eigenvalue weighted by Crippen LogP contribution is 2.23. The summed E-state index contributed by atoms with van der Waals surface area (Å²) in [7, 11) is 0. The van der Waals surface area contributed by atoms with Crippen LogP contribution in [0.3, 0.4) is 0 Å². The Kier molecular flexibility index (Phi) is 5.94. The zero-order chi connectivity index (χ0) is 15.2. The van der Waals surface area contributed by atoms with Gasteiger partial charge >= 0.3 is 6.61 Å². The number of hydrogen-bond acceptors (Lipinski definition) is 3. The van der Waals surface area contributed by atoms with Gasteiger partial charge in [-0.15, -0.1) is 0 Å². The molecule has 0 aliphatic carbocycles. The molecule has 0 aromatic heterocycles. The second-order valence-electron chi connectivity index (χ2n) is 5.57. The minimum atomic E-state index is -2.78. The second-order valence-corrected chi connectivity index (χ2v) is 5.57. The van der Waals surface area contributed by atoms with Crippen LogP contribution in [-0.2, 0) is 4.74 Å². The van der Waals surface area contributed by atoms with Crippen molar-refractivity contribution in [2.24, 2.45) is 5.92 Å². The number of benzene rings is 1. The Labute approximate surface area is 124 Å². The zero-order valence-corrected chi connectivity index (χ0v) is 12.5. The van der Waals surface area contributed by atoms with E-state index in [1.807, 2.05) is 12.1 Å². The van der Waals surface area contributed by atoms with E-state index < -0.39 is 6.61 Å². The summed E-state index contributed by atoms with van der Waals surface area (Å²) in [5.74, 6) is 0.820. The van der Waals surface area contributed by atoms with E-state index in [2.05, 4.69) is 23.9 Å². The fourth-order valence-electron chi connectivity index (χ4n) is 2.78. The van der Waals surface area contributed by atoms with Crippen LogP contribution in [0.2, 0.25) is 0 Å². The first-order chi connectivity index (χ1) is 10.1. The third-order valence-electron chi connectivity index (χ3n) is 4.09. The van der Waals surface area contributed by atoms with E-state index >= 15 is 0 Å². The Morgan fingerprint density at radius 2 is 1.76 bits per heavy atom. The molecule has 118 valence electrons. The second kappa shape index (κ2) is 7.71. The SMILES string of the molecule is CC(NC(C)C1CCOCC1)c1ccc(OC(F)F)cc1. The zero-order valence-electron chi connectivity index (χ0n) is 12.5. The molecule has 1 fully saturated rings. The summed E-state index contributed by atoms with van der Waals surface area (Å²) in [6.45, 7) is 3.18. The predicted molar refractivity (Wildman–Crippen MR) is 77.6 cm³/mol. The van der Waals surface area contributed by atoms with Crippen molar-refractivity contribution in [3.05, 3.63) is 29.8 Å². The van der Waals surface area contributed by atoms with Gasteiger partial charge in [-0.1, -0.05) is 12.1 Å². The van der Waals surface area contributed by atoms with Gasteiger partial charge in [-0.05, 0) is 50.3 Å². The van der Waals surface area contributed by atoms with Crippen LogP contribution in [0.4, 0.5) is 8.78 Å². The van der Waals surface area contributed by atoms with Crippen LogP contribution in [0.5, 0.6) is 5.75 Å². The molecule has 1 aliphatic rings. The first kappa shape index (κ1) is 16.2. The number of nitrogens with one attached hydrogen (secondary N) is 1. The summed E-state index contributed by atoms with van der Waals surface area (Å²) in [5.41, 5.74) is 1.07. The van der Waals surface area contributed by atoms with Crippen molar-refractivity contribution in [3.8, 4) is 5.75 Å². The molecule has 21 heavy (non-hydrogen) atoms. The summed E-state index contributed by atoms with van der Waals surface area (Å²) in [5, 5.41) is 3.58. The van der Waals surface area contributed by atoms with Crippen LogP contribution in [0.1, 0.15) is 38.3 Å². The van der Waals surface area contributed by atoms with E-state index in [4.69, 9.17) is 4.74 Å². The Bertz CT molecular complexity index is 419. The summed E-state index contributed by atoms with van der Waals surface area (Å²) < 4.78 is 34.0. The molecule has 0 saturated carbocycles. The summed E-state index contributed by atoms with van der Waals surface area (Å²) in [4.78, 5) is 0. The molecule has 1 heterocycles. The fourth-order valence-corrected chi connectivity index (χ4v) is 2.78.